The topological polar surface area (TPSA) is 82.1 Å². The number of hydrogen-bond acceptors (Lipinski definition) is 6. The highest BCUT2D eigenvalue weighted by molar-refractivity contribution is 7.89. The van der Waals surface area contributed by atoms with E-state index in [1.165, 1.54) is 11.4 Å². The summed E-state index contributed by atoms with van der Waals surface area (Å²) >= 11 is 0. The van der Waals surface area contributed by atoms with Gasteiger partial charge in [-0.1, -0.05) is 30.3 Å². The number of ether oxygens (including phenoxy) is 3. The minimum Gasteiger partial charge on any atom is -0.497 e. The summed E-state index contributed by atoms with van der Waals surface area (Å²) in [5, 5.41) is 0. The van der Waals surface area contributed by atoms with Crippen LogP contribution in [0.3, 0.4) is 0 Å². The van der Waals surface area contributed by atoms with Crippen molar-refractivity contribution in [3.63, 3.8) is 0 Å². The van der Waals surface area contributed by atoms with Gasteiger partial charge in [-0.05, 0) is 41.3 Å². The predicted octanol–water partition coefficient (Wildman–Crippen LogP) is 2.96. The molecule has 3 rings (SSSR count). The molecule has 1 aliphatic rings. The number of rotatable bonds is 7. The van der Waals surface area contributed by atoms with E-state index in [0.717, 1.165) is 33.8 Å². The molecule has 0 unspecified atom stereocenters. The Morgan fingerprint density at radius 3 is 2.47 bits per heavy atom. The van der Waals surface area contributed by atoms with Crippen LogP contribution in [0, 0.1) is 0 Å². The molecule has 0 aromatic heterocycles. The van der Waals surface area contributed by atoms with Crippen molar-refractivity contribution in [2.45, 2.75) is 6.42 Å². The molecule has 1 aliphatic heterocycles. The van der Waals surface area contributed by atoms with E-state index >= 15 is 0 Å². The predicted molar refractivity (Wildman–Crippen MR) is 115 cm³/mol. The first-order valence-electron chi connectivity index (χ1n) is 9.44. The largest absolute Gasteiger partial charge is 0.497 e. The van der Waals surface area contributed by atoms with Crippen molar-refractivity contribution in [3.8, 4) is 22.6 Å². The molecule has 0 spiro atoms. The molecule has 7 nitrogen and oxygen atoms in total. The van der Waals surface area contributed by atoms with Crippen molar-refractivity contribution in [1.29, 1.82) is 0 Å². The summed E-state index contributed by atoms with van der Waals surface area (Å²) in [4.78, 5) is 11.4. The normalized spacial score (nSPS) is 14.7. The number of carbonyl (C=O) groups is 1. The average Bonchev–Trinajstić information content (AvgIpc) is 2.78. The molecule has 8 heteroatoms. The molecule has 0 N–H and O–H groups in total. The smallest absolute Gasteiger partial charge is 0.322 e. The minimum atomic E-state index is -3.68. The molecule has 1 heterocycles. The number of esters is 1. The lowest BCUT2D eigenvalue weighted by Crippen LogP contribution is -2.38. The van der Waals surface area contributed by atoms with Crippen molar-refractivity contribution in [1.82, 2.24) is 4.31 Å². The van der Waals surface area contributed by atoms with Crippen molar-refractivity contribution in [2.75, 3.05) is 40.2 Å². The molecule has 0 fully saturated rings. The van der Waals surface area contributed by atoms with Crippen LogP contribution in [0.15, 0.2) is 48.5 Å². The first kappa shape index (κ1) is 21.9. The van der Waals surface area contributed by atoms with Gasteiger partial charge in [0.05, 0.1) is 21.3 Å². The van der Waals surface area contributed by atoms with Crippen LogP contribution < -0.4 is 9.47 Å². The molecule has 0 bridgehead atoms. The van der Waals surface area contributed by atoms with Gasteiger partial charge in [-0.3, -0.25) is 4.79 Å². The van der Waals surface area contributed by atoms with E-state index < -0.39 is 21.7 Å². The highest BCUT2D eigenvalue weighted by Gasteiger charge is 2.27. The Kier molecular flexibility index (Phi) is 6.79. The molecule has 160 valence electrons. The summed E-state index contributed by atoms with van der Waals surface area (Å²) in [5.41, 5.74) is 3.94. The Bertz CT molecular complexity index is 1060. The minimum absolute atomic E-state index is 0.217. The lowest BCUT2D eigenvalue weighted by atomic mass is 9.96. The van der Waals surface area contributed by atoms with E-state index in [1.54, 1.807) is 14.2 Å². The van der Waals surface area contributed by atoms with E-state index in [1.807, 2.05) is 48.5 Å². The van der Waals surface area contributed by atoms with Crippen molar-refractivity contribution >= 4 is 21.6 Å². The Labute approximate surface area is 176 Å². The molecule has 2 aromatic rings. The number of benzene rings is 2. The molecule has 0 saturated heterocycles. The quantitative estimate of drug-likeness (QED) is 0.627. The molecular weight excluding hydrogens is 406 g/mol. The molecule has 0 aliphatic carbocycles. The Morgan fingerprint density at radius 1 is 1.03 bits per heavy atom. The Balaban J connectivity index is 1.82. The van der Waals surface area contributed by atoms with Crippen LogP contribution in [0.5, 0.6) is 11.5 Å². The number of sulfonamides is 1. The number of nitrogens with zero attached hydrogens (tertiary/aromatic N) is 1. The van der Waals surface area contributed by atoms with Crippen LogP contribution in [-0.4, -0.2) is 58.9 Å². The van der Waals surface area contributed by atoms with Crippen molar-refractivity contribution in [2.24, 2.45) is 0 Å². The second-order valence-electron chi connectivity index (χ2n) is 6.82. The fourth-order valence-electron chi connectivity index (χ4n) is 3.38. The number of hydrogen-bond donors (Lipinski definition) is 0. The summed E-state index contributed by atoms with van der Waals surface area (Å²) in [6.45, 7) is 0.528. The van der Waals surface area contributed by atoms with Crippen LogP contribution >= 0.6 is 0 Å². The molecular formula is C22H25NO6S. The van der Waals surface area contributed by atoms with Crippen LogP contribution in [0.4, 0.5) is 0 Å². The Morgan fingerprint density at radius 2 is 1.83 bits per heavy atom. The van der Waals surface area contributed by atoms with Crippen LogP contribution in [0.2, 0.25) is 0 Å². The van der Waals surface area contributed by atoms with Gasteiger partial charge in [-0.2, -0.15) is 4.31 Å². The lowest BCUT2D eigenvalue weighted by Gasteiger charge is -2.25. The second-order valence-corrected chi connectivity index (χ2v) is 8.79. The zero-order valence-corrected chi connectivity index (χ0v) is 18.1. The van der Waals surface area contributed by atoms with Gasteiger partial charge in [0.2, 0.25) is 10.0 Å². The van der Waals surface area contributed by atoms with Crippen LogP contribution in [0.1, 0.15) is 12.0 Å². The van der Waals surface area contributed by atoms with E-state index in [2.05, 4.69) is 4.74 Å². The van der Waals surface area contributed by atoms with E-state index in [4.69, 9.17) is 9.47 Å². The lowest BCUT2D eigenvalue weighted by molar-refractivity contribution is -0.137. The fraction of sp³-hybridized carbons (Fsp3) is 0.318. The third-order valence-electron chi connectivity index (χ3n) is 5.05. The van der Waals surface area contributed by atoms with Gasteiger partial charge in [0.25, 0.3) is 0 Å². The van der Waals surface area contributed by atoms with Crippen molar-refractivity contribution in [3.05, 3.63) is 54.1 Å². The van der Waals surface area contributed by atoms with Gasteiger partial charge in [-0.25, -0.2) is 8.42 Å². The zero-order chi connectivity index (χ0) is 21.7. The molecule has 0 amide bonds. The van der Waals surface area contributed by atoms with E-state index in [0.29, 0.717) is 13.0 Å². The Hall–Kier alpha value is -2.84. The summed E-state index contributed by atoms with van der Waals surface area (Å²) in [5.74, 6) is 0.0855. The second kappa shape index (κ2) is 9.32. The monoisotopic (exact) mass is 431 g/mol. The van der Waals surface area contributed by atoms with Crippen LogP contribution in [0.25, 0.3) is 16.7 Å². The number of methoxy groups -OCH3 is 3. The maximum atomic E-state index is 12.3. The van der Waals surface area contributed by atoms with Gasteiger partial charge in [0.15, 0.2) is 5.75 Å². The summed E-state index contributed by atoms with van der Waals surface area (Å²) in [7, 11) is 0.743. The van der Waals surface area contributed by atoms with Crippen molar-refractivity contribution < 1.29 is 27.4 Å². The SMILES string of the molecule is COC(=O)CS(=O)(=O)N1CC=C(c2ccc(-c3cccc(OC)c3)c(OC)c2)CC1. The third kappa shape index (κ3) is 4.83. The highest BCUT2D eigenvalue weighted by atomic mass is 32.2. The summed E-state index contributed by atoms with van der Waals surface area (Å²) in [6.07, 6.45) is 2.42. The number of carbonyl (C=O) groups excluding carboxylic acids is 1. The van der Waals surface area contributed by atoms with E-state index in [-0.39, 0.29) is 6.54 Å². The molecule has 0 atom stereocenters. The average molecular weight is 432 g/mol. The van der Waals surface area contributed by atoms with Crippen LogP contribution in [-0.2, 0) is 19.6 Å². The zero-order valence-electron chi connectivity index (χ0n) is 17.3. The summed E-state index contributed by atoms with van der Waals surface area (Å²) < 4.78 is 41.3. The fourth-order valence-corrected chi connectivity index (χ4v) is 4.65. The van der Waals surface area contributed by atoms with Gasteiger partial charge < -0.3 is 14.2 Å². The van der Waals surface area contributed by atoms with Gasteiger partial charge in [0.1, 0.15) is 11.5 Å². The summed E-state index contributed by atoms with van der Waals surface area (Å²) in [6, 6.07) is 13.7. The maximum Gasteiger partial charge on any atom is 0.322 e. The van der Waals surface area contributed by atoms with Gasteiger partial charge in [0, 0.05) is 18.7 Å². The van der Waals surface area contributed by atoms with Gasteiger partial charge >= 0.3 is 5.97 Å². The third-order valence-corrected chi connectivity index (χ3v) is 6.77. The molecule has 30 heavy (non-hydrogen) atoms. The first-order chi connectivity index (χ1) is 14.4. The molecule has 0 saturated carbocycles. The maximum absolute atomic E-state index is 12.3. The van der Waals surface area contributed by atoms with E-state index in [9.17, 15) is 13.2 Å². The molecule has 2 aromatic carbocycles. The first-order valence-corrected chi connectivity index (χ1v) is 11.1. The molecule has 0 radical (unpaired) electrons. The standard InChI is InChI=1S/C22H25NO6S/c1-27-19-6-4-5-18(13-19)20-8-7-17(14-21(20)28-2)16-9-11-23(12-10-16)30(25,26)15-22(24)29-3/h4-9,13-14H,10-12,15H2,1-3H3. The van der Waals surface area contributed by atoms with Gasteiger partial charge in [-0.15, -0.1) is 0 Å². The highest BCUT2D eigenvalue weighted by Crippen LogP contribution is 2.35.